The second-order valence-corrected chi connectivity index (χ2v) is 14.6. The number of nitrogens with zero attached hydrogens (tertiary/aromatic N) is 1. The van der Waals surface area contributed by atoms with Gasteiger partial charge in [-0.2, -0.15) is 0 Å². The zero-order valence-corrected chi connectivity index (χ0v) is 29.2. The van der Waals surface area contributed by atoms with Crippen LogP contribution in [0.2, 0.25) is 0 Å². The quantitative estimate of drug-likeness (QED) is 0.170. The fourth-order valence-electron chi connectivity index (χ4n) is 9.67. The van der Waals surface area contributed by atoms with Gasteiger partial charge >= 0.3 is 0 Å². The smallest absolute Gasteiger partial charge is 0.0737 e. The Kier molecular flexibility index (Phi) is 6.08. The number of hydrogen-bond donors (Lipinski definition) is 0. The van der Waals surface area contributed by atoms with E-state index in [1.54, 1.807) is 0 Å². The molecule has 11 rings (SSSR count). The summed E-state index contributed by atoms with van der Waals surface area (Å²) < 4.78 is 0. The molecule has 0 radical (unpaired) electrons. The van der Waals surface area contributed by atoms with Crippen molar-refractivity contribution in [3.8, 4) is 22.3 Å². The zero-order valence-electron chi connectivity index (χ0n) is 29.2. The zero-order chi connectivity index (χ0) is 34.6. The second kappa shape index (κ2) is 10.8. The predicted octanol–water partition coefficient (Wildman–Crippen LogP) is 13.6. The van der Waals surface area contributed by atoms with Crippen LogP contribution in [0.4, 0.5) is 17.1 Å². The van der Waals surface area contributed by atoms with Gasteiger partial charge in [0.15, 0.2) is 0 Å². The third-order valence-electron chi connectivity index (χ3n) is 11.8. The number of anilines is 3. The van der Waals surface area contributed by atoms with Gasteiger partial charge in [0.2, 0.25) is 0 Å². The van der Waals surface area contributed by atoms with Crippen molar-refractivity contribution in [1.82, 2.24) is 0 Å². The van der Waals surface area contributed by atoms with Crippen LogP contribution in [0.3, 0.4) is 0 Å². The average Bonchev–Trinajstić information content (AvgIpc) is 3.67. The highest BCUT2D eigenvalue weighted by molar-refractivity contribution is 6.22. The van der Waals surface area contributed by atoms with Gasteiger partial charge in [0, 0.05) is 16.8 Å². The molecule has 0 unspecified atom stereocenters. The molecule has 1 nitrogen and oxygen atoms in total. The largest absolute Gasteiger partial charge is 0.310 e. The molecule has 0 bridgehead atoms. The molecule has 0 aliphatic heterocycles. The highest BCUT2D eigenvalue weighted by Gasteiger charge is 2.54. The molecule has 9 aromatic carbocycles. The van der Waals surface area contributed by atoms with E-state index in [0.717, 1.165) is 11.4 Å². The van der Waals surface area contributed by atoms with Crippen LogP contribution in [0.1, 0.15) is 33.4 Å². The Bertz CT molecular complexity index is 2820. The lowest BCUT2D eigenvalue weighted by Crippen LogP contribution is -2.26. The number of hydrogen-bond acceptors (Lipinski definition) is 1. The van der Waals surface area contributed by atoms with Crippen molar-refractivity contribution in [2.45, 2.75) is 19.3 Å². The summed E-state index contributed by atoms with van der Waals surface area (Å²) in [6.07, 6.45) is 0. The topological polar surface area (TPSA) is 3.24 Å². The van der Waals surface area contributed by atoms with Gasteiger partial charge in [0.05, 0.1) is 11.1 Å². The minimum atomic E-state index is -0.502. The van der Waals surface area contributed by atoms with E-state index in [-0.39, 0.29) is 0 Å². The molecule has 0 amide bonds. The summed E-state index contributed by atoms with van der Waals surface area (Å²) in [7, 11) is 0. The maximum atomic E-state index is 2.52. The fourth-order valence-corrected chi connectivity index (χ4v) is 9.67. The van der Waals surface area contributed by atoms with E-state index in [9.17, 15) is 0 Å². The highest BCUT2D eigenvalue weighted by atomic mass is 15.1. The van der Waals surface area contributed by atoms with Crippen molar-refractivity contribution >= 4 is 49.4 Å². The Morgan fingerprint density at radius 1 is 0.365 bits per heavy atom. The van der Waals surface area contributed by atoms with Crippen LogP contribution in [0.15, 0.2) is 176 Å². The summed E-state index contributed by atoms with van der Waals surface area (Å²) in [6.45, 7) is 4.32. The van der Waals surface area contributed by atoms with Gasteiger partial charge in [-0.3, -0.25) is 0 Å². The monoisotopic (exact) mass is 661 g/mol. The SMILES string of the molecule is Cc1ccc(N(c2ccc(C)cc2)c2cc3c(c4ccccc24)C2(c4ccccc4-c4ccccc42)c2c-3c3ccccc3c3ccccc23)cc1. The van der Waals surface area contributed by atoms with Crippen LogP contribution in [0, 0.1) is 13.8 Å². The highest BCUT2D eigenvalue weighted by Crippen LogP contribution is 2.67. The fraction of sp³-hybridized carbons (Fsp3) is 0.0588. The standard InChI is InChI=1S/C51H35N/c1-32-23-27-34(28-24-32)52(35-29-25-33(2)26-30-35)47-31-44-48-41-18-6-3-13-36(41)37-14-4-7-19-42(37)50(48)51(49(44)43-20-8-5-17-40(43)47)45-21-11-9-15-38(45)39-16-10-12-22-46(39)51/h3-31H,1-2H3. The van der Waals surface area contributed by atoms with Crippen molar-refractivity contribution in [2.75, 3.05) is 4.90 Å². The number of fused-ring (bicyclic) bond motifs is 17. The third kappa shape index (κ3) is 3.78. The van der Waals surface area contributed by atoms with Crippen LogP contribution in [0.5, 0.6) is 0 Å². The molecule has 0 N–H and O–H groups in total. The number of rotatable bonds is 3. The summed E-state index contributed by atoms with van der Waals surface area (Å²) in [5.41, 5.74) is 16.3. The summed E-state index contributed by atoms with van der Waals surface area (Å²) in [5.74, 6) is 0. The second-order valence-electron chi connectivity index (χ2n) is 14.6. The van der Waals surface area contributed by atoms with Gasteiger partial charge in [-0.05, 0) is 116 Å². The molecule has 0 saturated carbocycles. The molecule has 2 aliphatic carbocycles. The Morgan fingerprint density at radius 2 is 0.788 bits per heavy atom. The lowest BCUT2D eigenvalue weighted by molar-refractivity contribution is 0.809. The van der Waals surface area contributed by atoms with Gasteiger partial charge in [0.1, 0.15) is 0 Å². The summed E-state index contributed by atoms with van der Waals surface area (Å²) >= 11 is 0. The molecule has 9 aromatic rings. The van der Waals surface area contributed by atoms with Crippen LogP contribution in [-0.4, -0.2) is 0 Å². The van der Waals surface area contributed by atoms with Crippen molar-refractivity contribution in [3.63, 3.8) is 0 Å². The molecular weight excluding hydrogens is 627 g/mol. The first kappa shape index (κ1) is 29.3. The molecule has 1 heteroatoms. The van der Waals surface area contributed by atoms with E-state index in [1.807, 2.05) is 0 Å². The van der Waals surface area contributed by atoms with E-state index in [2.05, 4.69) is 195 Å². The average molecular weight is 662 g/mol. The van der Waals surface area contributed by atoms with Crippen LogP contribution in [0.25, 0.3) is 54.6 Å². The molecule has 1 spiro atoms. The van der Waals surface area contributed by atoms with Gasteiger partial charge in [0.25, 0.3) is 0 Å². The maximum absolute atomic E-state index is 2.52. The van der Waals surface area contributed by atoms with Crippen molar-refractivity contribution < 1.29 is 0 Å². The molecule has 2 aliphatic rings. The number of benzene rings is 9. The normalized spacial score (nSPS) is 13.3. The van der Waals surface area contributed by atoms with Crippen molar-refractivity contribution in [1.29, 1.82) is 0 Å². The summed E-state index contributed by atoms with van der Waals surface area (Å²) in [4.78, 5) is 2.46. The number of aryl methyl sites for hydroxylation is 2. The molecule has 0 fully saturated rings. The Hall–Kier alpha value is -6.44. The third-order valence-corrected chi connectivity index (χ3v) is 11.8. The Balaban J connectivity index is 1.38. The first-order valence-corrected chi connectivity index (χ1v) is 18.3. The minimum absolute atomic E-state index is 0.502. The first-order valence-electron chi connectivity index (χ1n) is 18.3. The van der Waals surface area contributed by atoms with E-state index in [1.165, 1.54) is 93.6 Å². The van der Waals surface area contributed by atoms with Gasteiger partial charge in [-0.15, -0.1) is 0 Å². The Labute approximate surface area is 304 Å². The lowest BCUT2D eigenvalue weighted by atomic mass is 9.68. The van der Waals surface area contributed by atoms with Crippen LogP contribution in [-0.2, 0) is 5.41 Å². The van der Waals surface area contributed by atoms with E-state index < -0.39 is 5.41 Å². The summed E-state index contributed by atoms with van der Waals surface area (Å²) in [6, 6.07) is 66.1. The van der Waals surface area contributed by atoms with Crippen LogP contribution >= 0.6 is 0 Å². The Morgan fingerprint density at radius 3 is 1.35 bits per heavy atom. The van der Waals surface area contributed by atoms with E-state index >= 15 is 0 Å². The van der Waals surface area contributed by atoms with E-state index in [0.29, 0.717) is 0 Å². The molecule has 0 heterocycles. The first-order chi connectivity index (χ1) is 25.6. The maximum Gasteiger partial charge on any atom is 0.0737 e. The molecular formula is C51H35N. The van der Waals surface area contributed by atoms with Crippen LogP contribution < -0.4 is 4.90 Å². The van der Waals surface area contributed by atoms with Gasteiger partial charge in [-0.25, -0.2) is 0 Å². The molecule has 0 aromatic heterocycles. The molecule has 0 atom stereocenters. The molecule has 0 saturated heterocycles. The van der Waals surface area contributed by atoms with Gasteiger partial charge < -0.3 is 4.90 Å². The van der Waals surface area contributed by atoms with E-state index in [4.69, 9.17) is 0 Å². The molecule has 244 valence electrons. The van der Waals surface area contributed by atoms with Crippen molar-refractivity contribution in [2.24, 2.45) is 0 Å². The lowest BCUT2D eigenvalue weighted by Gasteiger charge is -2.33. The van der Waals surface area contributed by atoms with Gasteiger partial charge in [-0.1, -0.05) is 157 Å². The predicted molar refractivity (Wildman–Crippen MR) is 219 cm³/mol. The summed E-state index contributed by atoms with van der Waals surface area (Å²) in [5, 5.41) is 7.74. The van der Waals surface area contributed by atoms with Crippen molar-refractivity contribution in [3.05, 3.63) is 209 Å². The molecule has 52 heavy (non-hydrogen) atoms. The minimum Gasteiger partial charge on any atom is -0.310 e.